The summed E-state index contributed by atoms with van der Waals surface area (Å²) in [7, 11) is 0. The number of hydrogen-bond acceptors (Lipinski definition) is 4. The van der Waals surface area contributed by atoms with Gasteiger partial charge in [-0.1, -0.05) is 12.1 Å². The Kier molecular flexibility index (Phi) is 3.51. The Balaban J connectivity index is 2.09. The lowest BCUT2D eigenvalue weighted by Crippen LogP contribution is -2.21. The van der Waals surface area contributed by atoms with Crippen LogP contribution in [0.15, 0.2) is 24.3 Å². The van der Waals surface area contributed by atoms with E-state index in [9.17, 15) is 4.79 Å². The lowest BCUT2D eigenvalue weighted by molar-refractivity contribution is -0.114. The minimum Gasteiger partial charge on any atom is -0.346 e. The molecular weight excluding hydrogens is 208 g/mol. The minimum absolute atomic E-state index is 0.0271. The Morgan fingerprint density at radius 2 is 2.19 bits per heavy atom. The highest BCUT2D eigenvalue weighted by Gasteiger charge is 2.18. The number of carbonyl (C=O) groups excluding carboxylic acids is 1. The van der Waals surface area contributed by atoms with Crippen LogP contribution in [0.1, 0.15) is 11.9 Å². The van der Waals surface area contributed by atoms with Crippen molar-refractivity contribution in [2.75, 3.05) is 25.1 Å². The van der Waals surface area contributed by atoms with E-state index < -0.39 is 0 Å². The number of hydrogen-bond donors (Lipinski definition) is 2. The number of carbonyl (C=O) groups is 1. The number of rotatable bonds is 3. The molecule has 0 unspecified atom stereocenters. The Hall–Kier alpha value is -1.43. The Morgan fingerprint density at radius 1 is 1.44 bits per heavy atom. The molecule has 16 heavy (non-hydrogen) atoms. The molecule has 1 aliphatic heterocycles. The topological polar surface area (TPSA) is 73.6 Å². The van der Waals surface area contributed by atoms with Crippen LogP contribution in [0.2, 0.25) is 0 Å². The van der Waals surface area contributed by atoms with Crippen molar-refractivity contribution >= 4 is 11.6 Å². The van der Waals surface area contributed by atoms with E-state index in [1.807, 2.05) is 18.2 Å². The van der Waals surface area contributed by atoms with E-state index in [2.05, 4.69) is 5.32 Å². The van der Waals surface area contributed by atoms with Gasteiger partial charge in [-0.2, -0.15) is 0 Å². The third-order valence-corrected chi connectivity index (χ3v) is 2.25. The lowest BCUT2D eigenvalue weighted by atomic mass is 10.2. The predicted molar refractivity (Wildman–Crippen MR) is 58.8 cm³/mol. The average Bonchev–Trinajstić information content (AvgIpc) is 2.83. The highest BCUT2D eigenvalue weighted by Crippen LogP contribution is 2.25. The smallest absolute Gasteiger partial charge is 0.238 e. The van der Waals surface area contributed by atoms with Gasteiger partial charge in [0.1, 0.15) is 0 Å². The maximum Gasteiger partial charge on any atom is 0.238 e. The summed E-state index contributed by atoms with van der Waals surface area (Å²) < 4.78 is 10.7. The zero-order valence-electron chi connectivity index (χ0n) is 8.81. The number of benzene rings is 1. The average molecular weight is 222 g/mol. The van der Waals surface area contributed by atoms with E-state index in [0.717, 1.165) is 5.56 Å². The van der Waals surface area contributed by atoms with Gasteiger partial charge in [-0.15, -0.1) is 0 Å². The number of amides is 1. The predicted octanol–water partition coefficient (Wildman–Crippen LogP) is 0.629. The molecule has 1 heterocycles. The van der Waals surface area contributed by atoms with Crippen molar-refractivity contribution in [3.05, 3.63) is 29.8 Å². The molecule has 1 aliphatic rings. The molecule has 0 aliphatic carbocycles. The summed E-state index contributed by atoms with van der Waals surface area (Å²) in [6, 6.07) is 7.36. The van der Waals surface area contributed by atoms with E-state index >= 15 is 0 Å². The van der Waals surface area contributed by atoms with Crippen molar-refractivity contribution in [3.8, 4) is 0 Å². The van der Waals surface area contributed by atoms with E-state index in [-0.39, 0.29) is 18.7 Å². The molecular formula is C11H14N2O3. The zero-order valence-corrected chi connectivity index (χ0v) is 8.81. The largest absolute Gasteiger partial charge is 0.346 e. The third-order valence-electron chi connectivity index (χ3n) is 2.25. The second-order valence-corrected chi connectivity index (χ2v) is 3.45. The van der Waals surface area contributed by atoms with Gasteiger partial charge in [0.15, 0.2) is 6.29 Å². The summed E-state index contributed by atoms with van der Waals surface area (Å²) in [4.78, 5) is 11.1. The van der Waals surface area contributed by atoms with Crippen LogP contribution in [0.5, 0.6) is 0 Å². The fraction of sp³-hybridized carbons (Fsp3) is 0.364. The standard InChI is InChI=1S/C11H14N2O3/c12-7-10(14)13-9-3-1-2-8(6-9)11-15-4-5-16-11/h1-3,6,11H,4-5,7,12H2,(H,13,14). The van der Waals surface area contributed by atoms with Crippen LogP contribution in [-0.2, 0) is 14.3 Å². The summed E-state index contributed by atoms with van der Waals surface area (Å²) in [6.45, 7) is 1.18. The SMILES string of the molecule is NCC(=O)Nc1cccc(C2OCCO2)c1. The zero-order chi connectivity index (χ0) is 11.4. The Morgan fingerprint density at radius 3 is 2.88 bits per heavy atom. The van der Waals surface area contributed by atoms with Crippen LogP contribution in [0, 0.1) is 0 Å². The normalized spacial score (nSPS) is 16.3. The van der Waals surface area contributed by atoms with Crippen LogP contribution in [0.3, 0.4) is 0 Å². The molecule has 5 nitrogen and oxygen atoms in total. The van der Waals surface area contributed by atoms with E-state index in [1.54, 1.807) is 6.07 Å². The molecule has 0 spiro atoms. The van der Waals surface area contributed by atoms with Crippen LogP contribution in [0.25, 0.3) is 0 Å². The summed E-state index contributed by atoms with van der Waals surface area (Å²) in [5, 5.41) is 2.68. The summed E-state index contributed by atoms with van der Waals surface area (Å²) in [5.74, 6) is -0.217. The molecule has 2 rings (SSSR count). The van der Waals surface area contributed by atoms with E-state index in [4.69, 9.17) is 15.2 Å². The molecule has 3 N–H and O–H groups in total. The van der Waals surface area contributed by atoms with Gasteiger partial charge in [-0.25, -0.2) is 0 Å². The van der Waals surface area contributed by atoms with Crippen molar-refractivity contribution in [2.24, 2.45) is 5.73 Å². The quantitative estimate of drug-likeness (QED) is 0.786. The molecule has 0 aromatic heterocycles. The molecule has 0 atom stereocenters. The Labute approximate surface area is 93.5 Å². The first kappa shape index (κ1) is 11.1. The van der Waals surface area contributed by atoms with Gasteiger partial charge in [0.05, 0.1) is 19.8 Å². The van der Waals surface area contributed by atoms with Crippen molar-refractivity contribution in [2.45, 2.75) is 6.29 Å². The molecule has 0 bridgehead atoms. The lowest BCUT2D eigenvalue weighted by Gasteiger charge is -2.11. The molecule has 1 fully saturated rings. The first-order valence-electron chi connectivity index (χ1n) is 5.12. The van der Waals surface area contributed by atoms with Crippen molar-refractivity contribution < 1.29 is 14.3 Å². The maximum absolute atomic E-state index is 11.1. The molecule has 1 saturated heterocycles. The maximum atomic E-state index is 11.1. The highest BCUT2D eigenvalue weighted by molar-refractivity contribution is 5.92. The number of anilines is 1. The number of nitrogens with one attached hydrogen (secondary N) is 1. The molecule has 1 aromatic rings. The molecule has 1 aromatic carbocycles. The van der Waals surface area contributed by atoms with Gasteiger partial charge in [-0.3, -0.25) is 4.79 Å². The molecule has 0 radical (unpaired) electrons. The highest BCUT2D eigenvalue weighted by atomic mass is 16.7. The van der Waals surface area contributed by atoms with E-state index in [1.165, 1.54) is 0 Å². The summed E-state index contributed by atoms with van der Waals surface area (Å²) >= 11 is 0. The van der Waals surface area contributed by atoms with Gasteiger partial charge in [0, 0.05) is 11.3 Å². The van der Waals surface area contributed by atoms with Crippen LogP contribution in [-0.4, -0.2) is 25.7 Å². The van der Waals surface area contributed by atoms with E-state index in [0.29, 0.717) is 18.9 Å². The van der Waals surface area contributed by atoms with Gasteiger partial charge < -0.3 is 20.5 Å². The van der Waals surface area contributed by atoms with Crippen molar-refractivity contribution in [1.82, 2.24) is 0 Å². The first-order chi connectivity index (χ1) is 7.79. The van der Waals surface area contributed by atoms with Crippen molar-refractivity contribution in [1.29, 1.82) is 0 Å². The van der Waals surface area contributed by atoms with Crippen LogP contribution >= 0.6 is 0 Å². The second kappa shape index (κ2) is 5.07. The Bertz CT molecular complexity index is 375. The molecule has 1 amide bonds. The third kappa shape index (κ3) is 2.57. The fourth-order valence-electron chi connectivity index (χ4n) is 1.53. The summed E-state index contributed by atoms with van der Waals surface area (Å²) in [5.41, 5.74) is 6.82. The number of ether oxygens (including phenoxy) is 2. The van der Waals surface area contributed by atoms with Crippen molar-refractivity contribution in [3.63, 3.8) is 0 Å². The molecule has 86 valence electrons. The minimum atomic E-state index is -0.324. The summed E-state index contributed by atoms with van der Waals surface area (Å²) in [6.07, 6.45) is -0.324. The monoisotopic (exact) mass is 222 g/mol. The first-order valence-corrected chi connectivity index (χ1v) is 5.12. The number of nitrogens with two attached hydrogens (primary N) is 1. The van der Waals surface area contributed by atoms with Crippen LogP contribution in [0.4, 0.5) is 5.69 Å². The second-order valence-electron chi connectivity index (χ2n) is 3.45. The van der Waals surface area contributed by atoms with Gasteiger partial charge in [0.2, 0.25) is 5.91 Å². The van der Waals surface area contributed by atoms with Crippen LogP contribution < -0.4 is 11.1 Å². The van der Waals surface area contributed by atoms with Gasteiger partial charge >= 0.3 is 0 Å². The molecule has 5 heteroatoms. The fourth-order valence-corrected chi connectivity index (χ4v) is 1.53. The van der Waals surface area contributed by atoms with Gasteiger partial charge in [-0.05, 0) is 12.1 Å². The molecule has 0 saturated carbocycles. The van der Waals surface area contributed by atoms with Gasteiger partial charge in [0.25, 0.3) is 0 Å².